The van der Waals surface area contributed by atoms with Crippen LogP contribution in [0.4, 0.5) is 5.69 Å². The van der Waals surface area contributed by atoms with Crippen molar-refractivity contribution in [3.8, 4) is 0 Å². The fraction of sp³-hybridized carbons (Fsp3) is 0.462. The van der Waals surface area contributed by atoms with Gasteiger partial charge in [-0.25, -0.2) is 4.79 Å². The fourth-order valence-electron chi connectivity index (χ4n) is 2.29. The highest BCUT2D eigenvalue weighted by Crippen LogP contribution is 2.24. The van der Waals surface area contributed by atoms with E-state index in [0.29, 0.717) is 25.2 Å². The molecular formula is C13H16N2O4S. The number of nitrogens with zero attached hydrogens (tertiary/aromatic N) is 1. The molecule has 20 heavy (non-hydrogen) atoms. The van der Waals surface area contributed by atoms with Crippen molar-refractivity contribution in [2.75, 3.05) is 18.4 Å². The van der Waals surface area contributed by atoms with E-state index in [2.05, 4.69) is 5.32 Å². The van der Waals surface area contributed by atoms with Crippen LogP contribution in [0.15, 0.2) is 11.4 Å². The highest BCUT2D eigenvalue weighted by atomic mass is 32.1. The number of carbonyl (C=O) groups is 3. The van der Waals surface area contributed by atoms with Crippen molar-refractivity contribution in [1.82, 2.24) is 4.90 Å². The average molecular weight is 296 g/mol. The Kier molecular flexibility index (Phi) is 4.39. The summed E-state index contributed by atoms with van der Waals surface area (Å²) in [4.78, 5) is 36.3. The second-order valence-electron chi connectivity index (χ2n) is 4.76. The smallest absolute Gasteiger partial charge is 0.348 e. The number of anilines is 1. The monoisotopic (exact) mass is 296 g/mol. The second-order valence-corrected chi connectivity index (χ2v) is 5.68. The van der Waals surface area contributed by atoms with E-state index in [9.17, 15) is 14.4 Å². The van der Waals surface area contributed by atoms with Gasteiger partial charge in [-0.1, -0.05) is 0 Å². The molecule has 0 aliphatic carbocycles. The molecule has 1 fully saturated rings. The molecule has 2 rings (SSSR count). The van der Waals surface area contributed by atoms with E-state index in [1.54, 1.807) is 16.3 Å². The molecule has 2 heterocycles. The zero-order valence-electron chi connectivity index (χ0n) is 11.1. The van der Waals surface area contributed by atoms with Crippen LogP contribution in [0.2, 0.25) is 0 Å². The third-order valence-corrected chi connectivity index (χ3v) is 4.26. The lowest BCUT2D eigenvalue weighted by Gasteiger charge is -2.31. The lowest BCUT2D eigenvalue weighted by molar-refractivity contribution is -0.132. The van der Waals surface area contributed by atoms with Crippen LogP contribution < -0.4 is 5.32 Å². The van der Waals surface area contributed by atoms with Crippen LogP contribution in [0.3, 0.4) is 0 Å². The standard InChI is InChI=1S/C13H16N2O4S/c1-8(16)15-5-2-3-9(7-15)12(17)14-10-4-6-20-11(10)13(18)19/h4,6,9H,2-3,5,7H2,1H3,(H,14,17)(H,18,19). The minimum atomic E-state index is -1.05. The third kappa shape index (κ3) is 3.16. The molecule has 108 valence electrons. The van der Waals surface area contributed by atoms with Gasteiger partial charge in [0.15, 0.2) is 0 Å². The number of hydrogen-bond acceptors (Lipinski definition) is 4. The zero-order chi connectivity index (χ0) is 14.7. The zero-order valence-corrected chi connectivity index (χ0v) is 11.9. The van der Waals surface area contributed by atoms with Gasteiger partial charge in [-0.3, -0.25) is 9.59 Å². The predicted molar refractivity (Wildman–Crippen MR) is 74.9 cm³/mol. The first-order valence-electron chi connectivity index (χ1n) is 6.36. The molecule has 6 nitrogen and oxygen atoms in total. The number of piperidine rings is 1. The van der Waals surface area contributed by atoms with E-state index in [-0.39, 0.29) is 22.6 Å². The number of likely N-dealkylation sites (tertiary alicyclic amines) is 1. The summed E-state index contributed by atoms with van der Waals surface area (Å²) in [5.74, 6) is -1.60. The van der Waals surface area contributed by atoms with Gasteiger partial charge in [0.1, 0.15) is 4.88 Å². The first-order valence-corrected chi connectivity index (χ1v) is 7.24. The quantitative estimate of drug-likeness (QED) is 0.887. The number of carbonyl (C=O) groups excluding carboxylic acids is 2. The van der Waals surface area contributed by atoms with Gasteiger partial charge in [0.2, 0.25) is 11.8 Å². The largest absolute Gasteiger partial charge is 0.477 e. The number of carboxylic acids is 1. The van der Waals surface area contributed by atoms with Gasteiger partial charge >= 0.3 is 5.97 Å². The normalized spacial score (nSPS) is 18.6. The Bertz CT molecular complexity index is 540. The van der Waals surface area contributed by atoms with Crippen LogP contribution in [0.25, 0.3) is 0 Å². The van der Waals surface area contributed by atoms with Gasteiger partial charge in [-0.15, -0.1) is 11.3 Å². The van der Waals surface area contributed by atoms with E-state index < -0.39 is 5.97 Å². The number of nitrogens with one attached hydrogen (secondary N) is 1. The number of hydrogen-bond donors (Lipinski definition) is 2. The molecule has 2 N–H and O–H groups in total. The van der Waals surface area contributed by atoms with Crippen molar-refractivity contribution in [3.63, 3.8) is 0 Å². The summed E-state index contributed by atoms with van der Waals surface area (Å²) < 4.78 is 0. The summed E-state index contributed by atoms with van der Waals surface area (Å²) in [6, 6.07) is 1.58. The van der Waals surface area contributed by atoms with Gasteiger partial charge in [-0.2, -0.15) is 0 Å². The molecule has 1 aliphatic heterocycles. The molecule has 0 spiro atoms. The Morgan fingerprint density at radius 3 is 2.85 bits per heavy atom. The van der Waals surface area contributed by atoms with Crippen LogP contribution in [0, 0.1) is 5.92 Å². The topological polar surface area (TPSA) is 86.7 Å². The Hall–Kier alpha value is -1.89. The average Bonchev–Trinajstić information content (AvgIpc) is 2.87. The molecule has 0 saturated carbocycles. The number of rotatable bonds is 3. The summed E-state index contributed by atoms with van der Waals surface area (Å²) >= 11 is 1.07. The first-order chi connectivity index (χ1) is 9.49. The molecule has 0 aromatic carbocycles. The van der Waals surface area contributed by atoms with Gasteiger partial charge in [0, 0.05) is 20.0 Å². The molecule has 1 unspecified atom stereocenters. The maximum Gasteiger partial charge on any atom is 0.348 e. The van der Waals surface area contributed by atoms with E-state index in [0.717, 1.165) is 17.8 Å². The highest BCUT2D eigenvalue weighted by Gasteiger charge is 2.27. The van der Waals surface area contributed by atoms with Crippen molar-refractivity contribution < 1.29 is 19.5 Å². The van der Waals surface area contributed by atoms with Gasteiger partial charge < -0.3 is 15.3 Å². The van der Waals surface area contributed by atoms with Crippen LogP contribution >= 0.6 is 11.3 Å². The molecular weight excluding hydrogens is 280 g/mol. The molecule has 7 heteroatoms. The van der Waals surface area contributed by atoms with Crippen LogP contribution in [0.1, 0.15) is 29.4 Å². The first kappa shape index (κ1) is 14.5. The second kappa shape index (κ2) is 6.04. The molecule has 0 radical (unpaired) electrons. The molecule has 1 aromatic rings. The van der Waals surface area contributed by atoms with Gasteiger partial charge in [-0.05, 0) is 24.3 Å². The van der Waals surface area contributed by atoms with Crippen molar-refractivity contribution >= 4 is 34.8 Å². The fourth-order valence-corrected chi connectivity index (χ4v) is 2.97. The van der Waals surface area contributed by atoms with Crippen molar-refractivity contribution in [2.24, 2.45) is 5.92 Å². The van der Waals surface area contributed by atoms with Gasteiger partial charge in [0.05, 0.1) is 11.6 Å². The molecule has 0 bridgehead atoms. The van der Waals surface area contributed by atoms with Crippen LogP contribution in [-0.4, -0.2) is 40.9 Å². The molecule has 1 aliphatic rings. The number of amides is 2. The highest BCUT2D eigenvalue weighted by molar-refractivity contribution is 7.12. The van der Waals surface area contributed by atoms with Crippen molar-refractivity contribution in [1.29, 1.82) is 0 Å². The predicted octanol–water partition coefficient (Wildman–Crippen LogP) is 1.64. The summed E-state index contributed by atoms with van der Waals surface area (Å²) in [5.41, 5.74) is 0.326. The maximum absolute atomic E-state index is 12.2. The van der Waals surface area contributed by atoms with Crippen LogP contribution in [-0.2, 0) is 9.59 Å². The SMILES string of the molecule is CC(=O)N1CCCC(C(=O)Nc2ccsc2C(=O)O)C1. The summed E-state index contributed by atoms with van der Waals surface area (Å²) in [5, 5.41) is 13.3. The molecule has 1 aromatic heterocycles. The van der Waals surface area contributed by atoms with E-state index in [4.69, 9.17) is 5.11 Å². The minimum absolute atomic E-state index is 0.0377. The molecule has 1 atom stereocenters. The number of aromatic carboxylic acids is 1. The third-order valence-electron chi connectivity index (χ3n) is 3.35. The van der Waals surface area contributed by atoms with Crippen molar-refractivity contribution in [3.05, 3.63) is 16.3 Å². The molecule has 1 saturated heterocycles. The maximum atomic E-state index is 12.2. The lowest BCUT2D eigenvalue weighted by Crippen LogP contribution is -2.42. The molecule has 2 amide bonds. The Morgan fingerprint density at radius 1 is 1.45 bits per heavy atom. The summed E-state index contributed by atoms with van der Waals surface area (Å²) in [6.07, 6.45) is 1.50. The van der Waals surface area contributed by atoms with E-state index in [1.807, 2.05) is 0 Å². The Morgan fingerprint density at radius 2 is 2.20 bits per heavy atom. The van der Waals surface area contributed by atoms with E-state index >= 15 is 0 Å². The Labute approximate surface area is 120 Å². The van der Waals surface area contributed by atoms with Gasteiger partial charge in [0.25, 0.3) is 0 Å². The van der Waals surface area contributed by atoms with E-state index in [1.165, 1.54) is 6.92 Å². The lowest BCUT2D eigenvalue weighted by atomic mass is 9.97. The minimum Gasteiger partial charge on any atom is -0.477 e. The van der Waals surface area contributed by atoms with Crippen molar-refractivity contribution in [2.45, 2.75) is 19.8 Å². The van der Waals surface area contributed by atoms with Crippen LogP contribution in [0.5, 0.6) is 0 Å². The summed E-state index contributed by atoms with van der Waals surface area (Å²) in [7, 11) is 0. The number of thiophene rings is 1. The Balaban J connectivity index is 2.02. The number of carboxylic acid groups (broad SMARTS) is 1. The summed E-state index contributed by atoms with van der Waals surface area (Å²) in [6.45, 7) is 2.56.